The standard InChI is InChI=1S/C25H40N2/c1-2-3-17-26-18-20-27(21-19-26)24-10-6-5-9-23(24)22-11-15-25(16-12-22)13-7-4-8-14-25/h5-6,9-10,22H,2-4,7-8,11-21H2,1H3. The van der Waals surface area contributed by atoms with E-state index in [1.807, 2.05) is 0 Å². The van der Waals surface area contributed by atoms with Crippen molar-refractivity contribution >= 4 is 5.69 Å². The van der Waals surface area contributed by atoms with E-state index in [0.717, 1.165) is 11.3 Å². The zero-order valence-electron chi connectivity index (χ0n) is 17.6. The van der Waals surface area contributed by atoms with Crippen LogP contribution in [0.5, 0.6) is 0 Å². The predicted octanol–water partition coefficient (Wildman–Crippen LogP) is 6.22. The molecule has 27 heavy (non-hydrogen) atoms. The lowest BCUT2D eigenvalue weighted by Crippen LogP contribution is -2.47. The number of para-hydroxylation sites is 1. The van der Waals surface area contributed by atoms with Gasteiger partial charge in [0.1, 0.15) is 0 Å². The first-order chi connectivity index (χ1) is 13.3. The third-order valence-electron chi connectivity index (χ3n) is 7.88. The predicted molar refractivity (Wildman–Crippen MR) is 117 cm³/mol. The largest absolute Gasteiger partial charge is 0.369 e. The maximum absolute atomic E-state index is 2.68. The first-order valence-electron chi connectivity index (χ1n) is 11.9. The zero-order chi connectivity index (χ0) is 18.5. The van der Waals surface area contributed by atoms with E-state index >= 15 is 0 Å². The van der Waals surface area contributed by atoms with Gasteiger partial charge < -0.3 is 4.90 Å². The van der Waals surface area contributed by atoms with Crippen LogP contribution in [0.25, 0.3) is 0 Å². The quantitative estimate of drug-likeness (QED) is 0.609. The molecule has 3 fully saturated rings. The molecule has 3 aliphatic rings. The summed E-state index contributed by atoms with van der Waals surface area (Å²) in [6.45, 7) is 8.48. The van der Waals surface area contributed by atoms with E-state index in [4.69, 9.17) is 0 Å². The smallest absolute Gasteiger partial charge is 0.0402 e. The third-order valence-corrected chi connectivity index (χ3v) is 7.88. The Kier molecular flexibility index (Phi) is 6.42. The molecule has 0 radical (unpaired) electrons. The van der Waals surface area contributed by atoms with Gasteiger partial charge in [0, 0.05) is 31.9 Å². The van der Waals surface area contributed by atoms with E-state index in [2.05, 4.69) is 41.0 Å². The van der Waals surface area contributed by atoms with Crippen LogP contribution in [-0.2, 0) is 0 Å². The van der Waals surface area contributed by atoms with Crippen LogP contribution in [-0.4, -0.2) is 37.6 Å². The van der Waals surface area contributed by atoms with Gasteiger partial charge in [-0.25, -0.2) is 0 Å². The Labute approximate surface area is 167 Å². The van der Waals surface area contributed by atoms with Gasteiger partial charge in [0.2, 0.25) is 0 Å². The minimum absolute atomic E-state index is 0.731. The van der Waals surface area contributed by atoms with Gasteiger partial charge in [-0.05, 0) is 74.5 Å². The lowest BCUT2D eigenvalue weighted by Gasteiger charge is -2.44. The van der Waals surface area contributed by atoms with E-state index < -0.39 is 0 Å². The normalized spacial score (nSPS) is 24.4. The lowest BCUT2D eigenvalue weighted by atomic mass is 9.62. The van der Waals surface area contributed by atoms with Gasteiger partial charge in [0.25, 0.3) is 0 Å². The summed E-state index contributed by atoms with van der Waals surface area (Å²) in [5.74, 6) is 0.798. The van der Waals surface area contributed by atoms with Crippen LogP contribution in [0.3, 0.4) is 0 Å². The molecule has 1 aromatic rings. The van der Waals surface area contributed by atoms with Crippen molar-refractivity contribution in [3.8, 4) is 0 Å². The monoisotopic (exact) mass is 368 g/mol. The maximum Gasteiger partial charge on any atom is 0.0402 e. The molecular formula is C25H40N2. The van der Waals surface area contributed by atoms with Crippen LogP contribution < -0.4 is 4.90 Å². The Morgan fingerprint density at radius 2 is 1.59 bits per heavy atom. The van der Waals surface area contributed by atoms with Gasteiger partial charge in [-0.3, -0.25) is 4.90 Å². The first kappa shape index (κ1) is 19.3. The molecule has 2 saturated carbocycles. The molecule has 0 amide bonds. The number of nitrogens with zero attached hydrogens (tertiary/aromatic N) is 2. The van der Waals surface area contributed by atoms with Gasteiger partial charge in [-0.2, -0.15) is 0 Å². The molecule has 4 rings (SSSR count). The number of rotatable bonds is 5. The van der Waals surface area contributed by atoms with Crippen molar-refractivity contribution in [2.75, 3.05) is 37.6 Å². The molecule has 2 aliphatic carbocycles. The highest BCUT2D eigenvalue weighted by molar-refractivity contribution is 5.55. The second kappa shape index (κ2) is 8.99. The van der Waals surface area contributed by atoms with Crippen molar-refractivity contribution < 1.29 is 0 Å². The summed E-state index contributed by atoms with van der Waals surface area (Å²) in [5.41, 5.74) is 3.94. The molecule has 0 atom stereocenters. The van der Waals surface area contributed by atoms with E-state index in [0.29, 0.717) is 0 Å². The molecule has 1 saturated heterocycles. The number of anilines is 1. The summed E-state index contributed by atoms with van der Waals surface area (Å²) in [4.78, 5) is 5.35. The van der Waals surface area contributed by atoms with Crippen LogP contribution in [0.4, 0.5) is 5.69 Å². The van der Waals surface area contributed by atoms with Crippen molar-refractivity contribution in [3.05, 3.63) is 29.8 Å². The van der Waals surface area contributed by atoms with Gasteiger partial charge in [0.05, 0.1) is 0 Å². The third kappa shape index (κ3) is 4.53. The maximum atomic E-state index is 2.68. The molecule has 2 nitrogen and oxygen atoms in total. The highest BCUT2D eigenvalue weighted by Crippen LogP contribution is 2.51. The Morgan fingerprint density at radius 3 is 2.30 bits per heavy atom. The fraction of sp³-hybridized carbons (Fsp3) is 0.760. The zero-order valence-corrected chi connectivity index (χ0v) is 17.6. The molecule has 0 aromatic heterocycles. The fourth-order valence-corrected chi connectivity index (χ4v) is 6.06. The van der Waals surface area contributed by atoms with Gasteiger partial charge in [0.15, 0.2) is 0 Å². The molecule has 0 N–H and O–H groups in total. The Balaban J connectivity index is 1.39. The topological polar surface area (TPSA) is 6.48 Å². The Morgan fingerprint density at radius 1 is 0.889 bits per heavy atom. The van der Waals surface area contributed by atoms with Crippen molar-refractivity contribution in [1.29, 1.82) is 0 Å². The molecule has 2 heteroatoms. The van der Waals surface area contributed by atoms with Crippen molar-refractivity contribution in [2.45, 2.75) is 83.5 Å². The summed E-state index contributed by atoms with van der Waals surface area (Å²) >= 11 is 0. The van der Waals surface area contributed by atoms with Crippen molar-refractivity contribution in [2.24, 2.45) is 5.41 Å². The van der Waals surface area contributed by atoms with Crippen LogP contribution in [0, 0.1) is 5.41 Å². The molecule has 1 spiro atoms. The van der Waals surface area contributed by atoms with Crippen LogP contribution in [0.1, 0.15) is 89.0 Å². The number of hydrogen-bond donors (Lipinski definition) is 0. The fourth-order valence-electron chi connectivity index (χ4n) is 6.06. The molecule has 0 bridgehead atoms. The second-order valence-electron chi connectivity index (χ2n) is 9.58. The number of benzene rings is 1. The highest BCUT2D eigenvalue weighted by Gasteiger charge is 2.37. The molecule has 1 heterocycles. The second-order valence-corrected chi connectivity index (χ2v) is 9.58. The molecule has 1 aromatic carbocycles. The summed E-state index contributed by atoms with van der Waals surface area (Å²) < 4.78 is 0. The van der Waals surface area contributed by atoms with Gasteiger partial charge in [-0.1, -0.05) is 50.8 Å². The minimum atomic E-state index is 0.731. The number of piperazine rings is 1. The minimum Gasteiger partial charge on any atom is -0.369 e. The highest BCUT2D eigenvalue weighted by atomic mass is 15.3. The first-order valence-corrected chi connectivity index (χ1v) is 11.9. The van der Waals surface area contributed by atoms with Crippen LogP contribution in [0.2, 0.25) is 0 Å². The number of hydrogen-bond acceptors (Lipinski definition) is 2. The van der Waals surface area contributed by atoms with E-state index in [1.54, 1.807) is 11.3 Å². The molecular weight excluding hydrogens is 328 g/mol. The van der Waals surface area contributed by atoms with E-state index in [-0.39, 0.29) is 0 Å². The lowest BCUT2D eigenvalue weighted by molar-refractivity contribution is 0.114. The van der Waals surface area contributed by atoms with E-state index in [9.17, 15) is 0 Å². The van der Waals surface area contributed by atoms with Crippen LogP contribution >= 0.6 is 0 Å². The average molecular weight is 369 g/mol. The number of unbranched alkanes of at least 4 members (excludes halogenated alkanes) is 1. The van der Waals surface area contributed by atoms with Gasteiger partial charge in [-0.15, -0.1) is 0 Å². The van der Waals surface area contributed by atoms with Crippen LogP contribution in [0.15, 0.2) is 24.3 Å². The van der Waals surface area contributed by atoms with Gasteiger partial charge >= 0.3 is 0 Å². The Bertz CT molecular complexity index is 572. The average Bonchev–Trinajstić information content (AvgIpc) is 2.74. The van der Waals surface area contributed by atoms with Crippen molar-refractivity contribution in [1.82, 2.24) is 4.90 Å². The summed E-state index contributed by atoms with van der Waals surface area (Å²) in [6, 6.07) is 9.39. The molecule has 150 valence electrons. The molecule has 0 unspecified atom stereocenters. The summed E-state index contributed by atoms with van der Waals surface area (Å²) in [6.07, 6.45) is 16.0. The van der Waals surface area contributed by atoms with E-state index in [1.165, 1.54) is 103 Å². The SMILES string of the molecule is CCCCN1CCN(c2ccccc2C2CCC3(CCCCC3)CC2)CC1. The van der Waals surface area contributed by atoms with Crippen molar-refractivity contribution in [3.63, 3.8) is 0 Å². The summed E-state index contributed by atoms with van der Waals surface area (Å²) in [7, 11) is 0. The molecule has 1 aliphatic heterocycles. The Hall–Kier alpha value is -1.02. The summed E-state index contributed by atoms with van der Waals surface area (Å²) in [5, 5.41) is 0.